The quantitative estimate of drug-likeness (QED) is 0.800. The Morgan fingerprint density at radius 2 is 1.90 bits per heavy atom. The standard InChI is InChI=1S/C15H29N3O2/c1-17-9-5-13(6-10-17)11-18(2)15(19)12-20-14-3-7-16-8-4-14/h13-14,16H,3-12H2,1-2H3. The molecule has 2 heterocycles. The molecule has 2 aliphatic rings. The summed E-state index contributed by atoms with van der Waals surface area (Å²) in [6.07, 6.45) is 4.70. The molecule has 0 aromatic carbocycles. The number of carbonyl (C=O) groups excluding carboxylic acids is 1. The van der Waals surface area contributed by atoms with Crippen molar-refractivity contribution in [1.29, 1.82) is 0 Å². The molecule has 5 heteroatoms. The van der Waals surface area contributed by atoms with E-state index in [0.717, 1.165) is 45.6 Å². The fraction of sp³-hybridized carbons (Fsp3) is 0.933. The van der Waals surface area contributed by atoms with Crippen LogP contribution in [0.2, 0.25) is 0 Å². The molecule has 2 aliphatic heterocycles. The van der Waals surface area contributed by atoms with Gasteiger partial charge in [0, 0.05) is 13.6 Å². The molecule has 0 unspecified atom stereocenters. The van der Waals surface area contributed by atoms with Gasteiger partial charge in [-0.25, -0.2) is 0 Å². The summed E-state index contributed by atoms with van der Waals surface area (Å²) in [6, 6.07) is 0. The normalized spacial score (nSPS) is 22.9. The molecule has 1 N–H and O–H groups in total. The third kappa shape index (κ3) is 5.04. The van der Waals surface area contributed by atoms with Gasteiger partial charge in [0.15, 0.2) is 0 Å². The minimum absolute atomic E-state index is 0.127. The lowest BCUT2D eigenvalue weighted by molar-refractivity contribution is -0.138. The molecular formula is C15H29N3O2. The number of hydrogen-bond acceptors (Lipinski definition) is 4. The summed E-state index contributed by atoms with van der Waals surface area (Å²) >= 11 is 0. The Morgan fingerprint density at radius 1 is 1.25 bits per heavy atom. The topological polar surface area (TPSA) is 44.8 Å². The third-order valence-electron chi connectivity index (χ3n) is 4.52. The van der Waals surface area contributed by atoms with Gasteiger partial charge in [0.05, 0.1) is 6.10 Å². The van der Waals surface area contributed by atoms with Crippen LogP contribution in [0, 0.1) is 5.92 Å². The number of piperidine rings is 2. The van der Waals surface area contributed by atoms with Crippen molar-refractivity contribution in [3.63, 3.8) is 0 Å². The van der Waals surface area contributed by atoms with Crippen molar-refractivity contribution in [3.8, 4) is 0 Å². The number of likely N-dealkylation sites (N-methyl/N-ethyl adjacent to an activating group) is 1. The first-order chi connectivity index (χ1) is 9.65. The van der Waals surface area contributed by atoms with E-state index in [9.17, 15) is 4.79 Å². The second-order valence-corrected chi connectivity index (χ2v) is 6.28. The van der Waals surface area contributed by atoms with E-state index in [-0.39, 0.29) is 18.6 Å². The molecule has 116 valence electrons. The molecule has 0 aromatic heterocycles. The van der Waals surface area contributed by atoms with Gasteiger partial charge in [-0.15, -0.1) is 0 Å². The van der Waals surface area contributed by atoms with Gasteiger partial charge in [-0.2, -0.15) is 0 Å². The molecule has 2 fully saturated rings. The van der Waals surface area contributed by atoms with Crippen molar-refractivity contribution in [2.24, 2.45) is 5.92 Å². The van der Waals surface area contributed by atoms with Crippen molar-refractivity contribution >= 4 is 5.91 Å². The molecular weight excluding hydrogens is 254 g/mol. The number of ether oxygens (including phenoxy) is 1. The Hall–Kier alpha value is -0.650. The van der Waals surface area contributed by atoms with Gasteiger partial charge in [0.25, 0.3) is 0 Å². The predicted molar refractivity (Wildman–Crippen MR) is 79.7 cm³/mol. The van der Waals surface area contributed by atoms with Crippen LogP contribution in [0.25, 0.3) is 0 Å². The molecule has 0 aromatic rings. The number of nitrogens with one attached hydrogen (secondary N) is 1. The van der Waals surface area contributed by atoms with Crippen molar-refractivity contribution in [3.05, 3.63) is 0 Å². The van der Waals surface area contributed by atoms with Gasteiger partial charge in [-0.3, -0.25) is 4.79 Å². The Morgan fingerprint density at radius 3 is 2.55 bits per heavy atom. The lowest BCUT2D eigenvalue weighted by atomic mass is 9.97. The smallest absolute Gasteiger partial charge is 0.248 e. The predicted octanol–water partition coefficient (Wildman–Crippen LogP) is 0.555. The summed E-state index contributed by atoms with van der Waals surface area (Å²) in [5, 5.41) is 3.30. The molecule has 0 radical (unpaired) electrons. The Kier molecular flexibility index (Phi) is 6.26. The molecule has 0 atom stereocenters. The first kappa shape index (κ1) is 15.7. The van der Waals surface area contributed by atoms with Crippen LogP contribution in [0.15, 0.2) is 0 Å². The molecule has 0 bridgehead atoms. The number of carbonyl (C=O) groups is 1. The molecule has 2 saturated heterocycles. The van der Waals surface area contributed by atoms with E-state index in [1.165, 1.54) is 12.8 Å². The highest BCUT2D eigenvalue weighted by Crippen LogP contribution is 2.17. The minimum Gasteiger partial charge on any atom is -0.368 e. The second-order valence-electron chi connectivity index (χ2n) is 6.28. The fourth-order valence-electron chi connectivity index (χ4n) is 3.00. The van der Waals surface area contributed by atoms with Gasteiger partial charge >= 0.3 is 0 Å². The summed E-state index contributed by atoms with van der Waals surface area (Å²) in [5.41, 5.74) is 0. The van der Waals surface area contributed by atoms with Crippen LogP contribution >= 0.6 is 0 Å². The Labute approximate surface area is 122 Å². The molecule has 20 heavy (non-hydrogen) atoms. The number of amides is 1. The van der Waals surface area contributed by atoms with Crippen molar-refractivity contribution in [2.45, 2.75) is 31.8 Å². The van der Waals surface area contributed by atoms with E-state index in [0.29, 0.717) is 5.92 Å². The Bertz CT molecular complexity index is 297. The molecule has 2 rings (SSSR count). The lowest BCUT2D eigenvalue weighted by Crippen LogP contribution is -2.40. The van der Waals surface area contributed by atoms with Crippen LogP contribution in [0.4, 0.5) is 0 Å². The zero-order valence-electron chi connectivity index (χ0n) is 12.9. The maximum Gasteiger partial charge on any atom is 0.248 e. The van der Waals surface area contributed by atoms with Crippen molar-refractivity contribution < 1.29 is 9.53 Å². The summed E-state index contributed by atoms with van der Waals surface area (Å²) in [6.45, 7) is 5.43. The molecule has 1 amide bonds. The monoisotopic (exact) mass is 283 g/mol. The number of rotatable bonds is 5. The highest BCUT2D eigenvalue weighted by Gasteiger charge is 2.21. The largest absolute Gasteiger partial charge is 0.368 e. The number of hydrogen-bond donors (Lipinski definition) is 1. The van der Waals surface area contributed by atoms with Crippen LogP contribution in [-0.4, -0.2) is 75.2 Å². The van der Waals surface area contributed by atoms with Crippen LogP contribution in [0.1, 0.15) is 25.7 Å². The van der Waals surface area contributed by atoms with Crippen LogP contribution < -0.4 is 5.32 Å². The lowest BCUT2D eigenvalue weighted by Gasteiger charge is -2.32. The molecule has 0 saturated carbocycles. The Balaban J connectivity index is 1.63. The maximum atomic E-state index is 12.1. The van der Waals surface area contributed by atoms with Crippen LogP contribution in [-0.2, 0) is 9.53 Å². The van der Waals surface area contributed by atoms with Crippen LogP contribution in [0.5, 0.6) is 0 Å². The summed E-state index contributed by atoms with van der Waals surface area (Å²) in [5.74, 6) is 0.779. The van der Waals surface area contributed by atoms with Gasteiger partial charge in [-0.1, -0.05) is 0 Å². The second kappa shape index (κ2) is 7.96. The number of nitrogens with zero attached hydrogens (tertiary/aromatic N) is 2. The van der Waals surface area contributed by atoms with E-state index in [1.54, 1.807) is 0 Å². The van der Waals surface area contributed by atoms with E-state index in [4.69, 9.17) is 4.74 Å². The maximum absolute atomic E-state index is 12.1. The minimum atomic E-state index is 0.127. The van der Waals surface area contributed by atoms with E-state index in [1.807, 2.05) is 11.9 Å². The van der Waals surface area contributed by atoms with Crippen molar-refractivity contribution in [2.75, 3.05) is 53.4 Å². The van der Waals surface area contributed by atoms with Gasteiger partial charge in [0.2, 0.25) is 5.91 Å². The average Bonchev–Trinajstić information content (AvgIpc) is 2.48. The summed E-state index contributed by atoms with van der Waals surface area (Å²) in [4.78, 5) is 16.3. The van der Waals surface area contributed by atoms with Crippen molar-refractivity contribution in [1.82, 2.24) is 15.1 Å². The highest BCUT2D eigenvalue weighted by molar-refractivity contribution is 5.77. The van der Waals surface area contributed by atoms with E-state index < -0.39 is 0 Å². The highest BCUT2D eigenvalue weighted by atomic mass is 16.5. The summed E-state index contributed by atoms with van der Waals surface area (Å²) in [7, 11) is 4.07. The van der Waals surface area contributed by atoms with E-state index >= 15 is 0 Å². The van der Waals surface area contributed by atoms with E-state index in [2.05, 4.69) is 17.3 Å². The van der Waals surface area contributed by atoms with Gasteiger partial charge in [-0.05, 0) is 64.8 Å². The molecule has 5 nitrogen and oxygen atoms in total. The zero-order valence-corrected chi connectivity index (χ0v) is 12.9. The zero-order chi connectivity index (χ0) is 14.4. The summed E-state index contributed by atoms with van der Waals surface area (Å²) < 4.78 is 5.73. The third-order valence-corrected chi connectivity index (χ3v) is 4.52. The molecule has 0 aliphatic carbocycles. The average molecular weight is 283 g/mol. The van der Waals surface area contributed by atoms with Gasteiger partial charge in [0.1, 0.15) is 6.61 Å². The number of likely N-dealkylation sites (tertiary alicyclic amines) is 1. The first-order valence-corrected chi connectivity index (χ1v) is 7.90. The van der Waals surface area contributed by atoms with Crippen LogP contribution in [0.3, 0.4) is 0 Å². The SMILES string of the molecule is CN1CCC(CN(C)C(=O)COC2CCNCC2)CC1. The first-order valence-electron chi connectivity index (χ1n) is 7.90. The fourth-order valence-corrected chi connectivity index (χ4v) is 3.00. The molecule has 0 spiro atoms. The van der Waals surface area contributed by atoms with Gasteiger partial charge < -0.3 is 19.9 Å².